The molecule has 0 unspecified atom stereocenters. The number of aryl methyl sites for hydroxylation is 3. The molecule has 0 N–H and O–H groups in total. The SMILES string of the molecule is Cc1cc(C)c(S(=O)(=O)N2CCN(C(=O)CN3C[C@@H](C)O[C@H](C)C3)CC2)c(C)c1. The molecule has 0 aromatic heterocycles. The van der Waals surface area contributed by atoms with Crippen LogP contribution >= 0.6 is 0 Å². The van der Waals surface area contributed by atoms with Crippen LogP contribution in [0.2, 0.25) is 0 Å². The van der Waals surface area contributed by atoms with Crippen molar-refractivity contribution in [1.29, 1.82) is 0 Å². The summed E-state index contributed by atoms with van der Waals surface area (Å²) in [5.41, 5.74) is 2.61. The summed E-state index contributed by atoms with van der Waals surface area (Å²) < 4.78 is 33.7. The summed E-state index contributed by atoms with van der Waals surface area (Å²) in [4.78, 5) is 17.0. The van der Waals surface area contributed by atoms with Gasteiger partial charge in [0.2, 0.25) is 15.9 Å². The van der Waals surface area contributed by atoms with E-state index in [0.29, 0.717) is 37.6 Å². The summed E-state index contributed by atoms with van der Waals surface area (Å²) in [6.45, 7) is 13.1. The molecule has 1 aromatic rings. The van der Waals surface area contributed by atoms with Crippen molar-refractivity contribution in [3.63, 3.8) is 0 Å². The summed E-state index contributed by atoms with van der Waals surface area (Å²) >= 11 is 0. The Morgan fingerprint density at radius 3 is 2.03 bits per heavy atom. The minimum absolute atomic E-state index is 0.0612. The third-order valence-corrected chi connectivity index (χ3v) is 7.85. The first-order chi connectivity index (χ1) is 13.6. The minimum Gasteiger partial charge on any atom is -0.373 e. The zero-order valence-corrected chi connectivity index (χ0v) is 19.0. The fourth-order valence-corrected chi connectivity index (χ4v) is 6.42. The van der Waals surface area contributed by atoms with Crippen molar-refractivity contribution in [2.75, 3.05) is 45.8 Å². The van der Waals surface area contributed by atoms with Gasteiger partial charge in [-0.25, -0.2) is 8.42 Å². The average Bonchev–Trinajstić information content (AvgIpc) is 2.59. The monoisotopic (exact) mass is 423 g/mol. The van der Waals surface area contributed by atoms with E-state index in [1.165, 1.54) is 4.31 Å². The summed E-state index contributed by atoms with van der Waals surface area (Å²) in [5, 5.41) is 0. The van der Waals surface area contributed by atoms with E-state index in [9.17, 15) is 13.2 Å². The summed E-state index contributed by atoms with van der Waals surface area (Å²) in [5.74, 6) is 0.0612. The van der Waals surface area contributed by atoms with Crippen molar-refractivity contribution < 1.29 is 17.9 Å². The molecule has 1 amide bonds. The van der Waals surface area contributed by atoms with E-state index in [1.54, 1.807) is 4.90 Å². The van der Waals surface area contributed by atoms with E-state index in [1.807, 2.05) is 46.8 Å². The highest BCUT2D eigenvalue weighted by Crippen LogP contribution is 2.26. The lowest BCUT2D eigenvalue weighted by molar-refractivity contribution is -0.137. The van der Waals surface area contributed by atoms with Gasteiger partial charge in [0.25, 0.3) is 0 Å². The van der Waals surface area contributed by atoms with Crippen molar-refractivity contribution in [2.45, 2.75) is 51.7 Å². The van der Waals surface area contributed by atoms with E-state index in [0.717, 1.165) is 29.8 Å². The average molecular weight is 424 g/mol. The van der Waals surface area contributed by atoms with Crippen LogP contribution in [0.25, 0.3) is 0 Å². The van der Waals surface area contributed by atoms with Crippen molar-refractivity contribution in [3.8, 4) is 0 Å². The molecule has 2 heterocycles. The molecule has 0 radical (unpaired) electrons. The van der Waals surface area contributed by atoms with Gasteiger partial charge >= 0.3 is 0 Å². The van der Waals surface area contributed by atoms with E-state index < -0.39 is 10.0 Å². The number of amides is 1. The number of sulfonamides is 1. The summed E-state index contributed by atoms with van der Waals surface area (Å²) in [6, 6.07) is 3.81. The van der Waals surface area contributed by atoms with Gasteiger partial charge in [-0.15, -0.1) is 0 Å². The number of ether oxygens (including phenoxy) is 1. The minimum atomic E-state index is -3.56. The molecule has 0 saturated carbocycles. The zero-order chi connectivity index (χ0) is 21.3. The number of morpholine rings is 1. The molecule has 2 atom stereocenters. The van der Waals surface area contributed by atoms with Crippen LogP contribution in [0.4, 0.5) is 0 Å². The molecule has 0 spiro atoms. The van der Waals surface area contributed by atoms with Crippen LogP contribution < -0.4 is 0 Å². The highest BCUT2D eigenvalue weighted by atomic mass is 32.2. The van der Waals surface area contributed by atoms with Crippen LogP contribution in [0, 0.1) is 20.8 Å². The van der Waals surface area contributed by atoms with E-state index >= 15 is 0 Å². The largest absolute Gasteiger partial charge is 0.373 e. The number of hydrogen-bond acceptors (Lipinski definition) is 5. The van der Waals surface area contributed by atoms with Crippen molar-refractivity contribution >= 4 is 15.9 Å². The van der Waals surface area contributed by atoms with E-state index in [2.05, 4.69) is 4.90 Å². The Morgan fingerprint density at radius 2 is 1.52 bits per heavy atom. The smallest absolute Gasteiger partial charge is 0.243 e. The molecule has 8 heteroatoms. The highest BCUT2D eigenvalue weighted by Gasteiger charge is 2.33. The first-order valence-corrected chi connectivity index (χ1v) is 11.8. The van der Waals surface area contributed by atoms with Crippen molar-refractivity contribution in [2.24, 2.45) is 0 Å². The highest BCUT2D eigenvalue weighted by molar-refractivity contribution is 7.89. The standard InChI is InChI=1S/C21H33N3O4S/c1-15-10-16(2)21(17(3)11-15)29(26,27)24-8-6-23(7-9-24)20(25)14-22-12-18(4)28-19(5)13-22/h10-11,18-19H,6-9,12-14H2,1-5H3/t18-,19-/m1/s1. The van der Waals surface area contributed by atoms with Crippen LogP contribution in [0.15, 0.2) is 17.0 Å². The quantitative estimate of drug-likeness (QED) is 0.735. The molecule has 29 heavy (non-hydrogen) atoms. The normalized spacial score (nSPS) is 24.7. The predicted molar refractivity (Wildman–Crippen MR) is 112 cm³/mol. The van der Waals surface area contributed by atoms with Crippen LogP contribution in [0.3, 0.4) is 0 Å². The van der Waals surface area contributed by atoms with Crippen molar-refractivity contribution in [3.05, 3.63) is 28.8 Å². The molecule has 2 saturated heterocycles. The summed E-state index contributed by atoms with van der Waals surface area (Å²) in [6.07, 6.45) is 0.240. The molecule has 2 aliphatic rings. The predicted octanol–water partition coefficient (Wildman–Crippen LogP) is 1.55. The molecule has 0 aliphatic carbocycles. The topological polar surface area (TPSA) is 70.2 Å². The maximum atomic E-state index is 13.2. The molecule has 7 nitrogen and oxygen atoms in total. The van der Waals surface area contributed by atoms with Crippen molar-refractivity contribution in [1.82, 2.24) is 14.1 Å². The summed E-state index contributed by atoms with van der Waals surface area (Å²) in [7, 11) is -3.56. The second-order valence-corrected chi connectivity index (χ2v) is 10.3. The Bertz CT molecular complexity index is 830. The Balaban J connectivity index is 1.62. The Morgan fingerprint density at radius 1 is 1.00 bits per heavy atom. The van der Waals surface area contributed by atoms with Gasteiger partial charge in [0.05, 0.1) is 23.6 Å². The number of nitrogens with zero attached hydrogens (tertiary/aromatic N) is 3. The zero-order valence-electron chi connectivity index (χ0n) is 18.1. The third-order valence-electron chi connectivity index (χ3n) is 5.65. The van der Waals surface area contributed by atoms with Crippen LogP contribution in [-0.4, -0.2) is 86.5 Å². The van der Waals surface area contributed by atoms with Gasteiger partial charge in [-0.05, 0) is 45.7 Å². The van der Waals surface area contributed by atoms with E-state index in [-0.39, 0.29) is 18.1 Å². The first-order valence-electron chi connectivity index (χ1n) is 10.3. The fraction of sp³-hybridized carbons (Fsp3) is 0.667. The lowest BCUT2D eigenvalue weighted by atomic mass is 10.1. The molecule has 2 aliphatic heterocycles. The molecule has 162 valence electrons. The number of rotatable bonds is 4. The first kappa shape index (κ1) is 22.2. The van der Waals surface area contributed by atoms with Gasteiger partial charge < -0.3 is 9.64 Å². The second-order valence-electron chi connectivity index (χ2n) is 8.46. The Kier molecular flexibility index (Phi) is 6.67. The molecular weight excluding hydrogens is 390 g/mol. The molecule has 2 fully saturated rings. The third kappa shape index (κ3) is 4.99. The molecule has 3 rings (SSSR count). The lowest BCUT2D eigenvalue weighted by Gasteiger charge is -2.38. The number of hydrogen-bond donors (Lipinski definition) is 0. The molecule has 0 bridgehead atoms. The number of piperazine rings is 1. The fourth-order valence-electron chi connectivity index (χ4n) is 4.59. The molecular formula is C21H33N3O4S. The van der Waals surface area contributed by atoms with E-state index in [4.69, 9.17) is 4.74 Å². The molecule has 1 aromatic carbocycles. The van der Waals surface area contributed by atoms with Gasteiger partial charge in [0.1, 0.15) is 0 Å². The lowest BCUT2D eigenvalue weighted by Crippen LogP contribution is -2.54. The Hall–Kier alpha value is -1.48. The maximum absolute atomic E-state index is 13.2. The maximum Gasteiger partial charge on any atom is 0.243 e. The van der Waals surface area contributed by atoms with Gasteiger partial charge in [-0.1, -0.05) is 17.7 Å². The second kappa shape index (κ2) is 8.71. The van der Waals surface area contributed by atoms with Crippen LogP contribution in [0.1, 0.15) is 30.5 Å². The van der Waals surface area contributed by atoms with Gasteiger partial charge in [0.15, 0.2) is 0 Å². The van der Waals surface area contributed by atoms with Crippen LogP contribution in [-0.2, 0) is 19.6 Å². The van der Waals surface area contributed by atoms with Gasteiger partial charge in [-0.2, -0.15) is 4.31 Å². The number of carbonyl (C=O) groups excluding carboxylic acids is 1. The number of carbonyl (C=O) groups is 1. The van der Waals surface area contributed by atoms with Gasteiger partial charge in [-0.3, -0.25) is 9.69 Å². The Labute approximate surface area is 174 Å². The van der Waals surface area contributed by atoms with Crippen LogP contribution in [0.5, 0.6) is 0 Å². The number of benzene rings is 1. The van der Waals surface area contributed by atoms with Gasteiger partial charge in [0, 0.05) is 39.3 Å².